The number of hydrogen-bond acceptors (Lipinski definition) is 6. The number of nitrogens with zero attached hydrogens (tertiary/aromatic N) is 2. The van der Waals surface area contributed by atoms with Gasteiger partial charge in [0.15, 0.2) is 14.9 Å². The second kappa shape index (κ2) is 7.55. The van der Waals surface area contributed by atoms with Gasteiger partial charge in [-0.2, -0.15) is 0 Å². The number of rotatable bonds is 5. The maximum absolute atomic E-state index is 12.4. The molecule has 0 saturated heterocycles. The van der Waals surface area contributed by atoms with Crippen molar-refractivity contribution in [1.82, 2.24) is 10.2 Å². The van der Waals surface area contributed by atoms with Gasteiger partial charge in [0.2, 0.25) is 0 Å². The summed E-state index contributed by atoms with van der Waals surface area (Å²) in [6.07, 6.45) is 1.08. The van der Waals surface area contributed by atoms with Gasteiger partial charge < -0.3 is 10.1 Å². The van der Waals surface area contributed by atoms with Gasteiger partial charge in [0.25, 0.3) is 5.91 Å². The molecule has 0 aliphatic heterocycles. The van der Waals surface area contributed by atoms with E-state index in [4.69, 9.17) is 4.74 Å². The lowest BCUT2D eigenvalue weighted by molar-refractivity contribution is 0.102. The predicted octanol–water partition coefficient (Wildman–Crippen LogP) is 2.81. The first-order chi connectivity index (χ1) is 12.9. The molecule has 0 atom stereocenters. The van der Waals surface area contributed by atoms with Crippen LogP contribution in [0.4, 0.5) is 5.69 Å². The number of carbonyl (C=O) groups is 1. The van der Waals surface area contributed by atoms with E-state index in [0.717, 1.165) is 6.26 Å². The summed E-state index contributed by atoms with van der Waals surface area (Å²) in [4.78, 5) is 12.4. The molecule has 2 aromatic carbocycles. The lowest BCUT2D eigenvalue weighted by atomic mass is 10.1. The summed E-state index contributed by atoms with van der Waals surface area (Å²) in [6, 6.07) is 16.8. The first kappa shape index (κ1) is 18.5. The number of nitrogens with one attached hydrogen (secondary N) is 1. The molecular weight excluding hydrogens is 366 g/mol. The summed E-state index contributed by atoms with van der Waals surface area (Å²) in [7, 11) is -1.84. The lowest BCUT2D eigenvalue weighted by Gasteiger charge is -2.08. The van der Waals surface area contributed by atoms with Gasteiger partial charge in [-0.3, -0.25) is 4.79 Å². The Labute approximate surface area is 156 Å². The van der Waals surface area contributed by atoms with E-state index in [9.17, 15) is 13.2 Å². The maximum Gasteiger partial charge on any atom is 0.255 e. The number of ether oxygens (including phenoxy) is 1. The molecule has 1 heterocycles. The number of benzene rings is 2. The van der Waals surface area contributed by atoms with Crippen molar-refractivity contribution in [2.45, 2.75) is 5.03 Å². The fourth-order valence-corrected chi connectivity index (χ4v) is 2.88. The van der Waals surface area contributed by atoms with Gasteiger partial charge in [0.1, 0.15) is 5.75 Å². The van der Waals surface area contributed by atoms with Gasteiger partial charge in [-0.1, -0.05) is 12.1 Å². The zero-order chi connectivity index (χ0) is 19.4. The van der Waals surface area contributed by atoms with Crippen LogP contribution in [0.15, 0.2) is 65.7 Å². The van der Waals surface area contributed by atoms with Crippen LogP contribution in [0.5, 0.6) is 5.75 Å². The molecule has 7 nitrogen and oxygen atoms in total. The molecule has 0 unspecified atom stereocenters. The minimum absolute atomic E-state index is 0.0878. The van der Waals surface area contributed by atoms with Crippen LogP contribution in [0.25, 0.3) is 11.3 Å². The molecule has 1 N–H and O–H groups in total. The van der Waals surface area contributed by atoms with Gasteiger partial charge in [0, 0.05) is 23.1 Å². The monoisotopic (exact) mass is 383 g/mol. The minimum Gasteiger partial charge on any atom is -0.497 e. The van der Waals surface area contributed by atoms with E-state index in [1.54, 1.807) is 61.7 Å². The Bertz CT molecular complexity index is 1060. The van der Waals surface area contributed by atoms with Crippen LogP contribution < -0.4 is 10.1 Å². The standard InChI is InChI=1S/C19H17N3O4S/c1-26-16-8-6-13(7-9-16)19(23)20-15-5-3-4-14(12-15)17-10-11-18(22-21-17)27(2,24)25/h3-12H,1-2H3,(H,20,23). The molecular formula is C19H17N3O4S. The Morgan fingerprint density at radius 1 is 1.00 bits per heavy atom. The summed E-state index contributed by atoms with van der Waals surface area (Å²) < 4.78 is 28.0. The molecule has 3 rings (SSSR count). The minimum atomic E-state index is -3.40. The fourth-order valence-electron chi connectivity index (χ4n) is 2.37. The molecule has 1 aromatic heterocycles. The molecule has 1 amide bonds. The summed E-state index contributed by atoms with van der Waals surface area (Å²) in [5.74, 6) is 0.415. The number of carbonyl (C=O) groups excluding carboxylic acids is 1. The number of sulfone groups is 1. The van der Waals surface area contributed by atoms with Crippen molar-refractivity contribution in [2.75, 3.05) is 18.7 Å². The van der Waals surface area contributed by atoms with Crippen LogP contribution in [-0.2, 0) is 9.84 Å². The number of anilines is 1. The molecule has 0 aliphatic rings. The van der Waals surface area contributed by atoms with Gasteiger partial charge >= 0.3 is 0 Å². The van der Waals surface area contributed by atoms with Crippen molar-refractivity contribution in [1.29, 1.82) is 0 Å². The summed E-state index contributed by atoms with van der Waals surface area (Å²) in [5, 5.41) is 10.4. The third-order valence-corrected chi connectivity index (χ3v) is 4.77. The lowest BCUT2D eigenvalue weighted by Crippen LogP contribution is -2.11. The Hall–Kier alpha value is -3.26. The summed E-state index contributed by atoms with van der Waals surface area (Å²) in [6.45, 7) is 0. The average molecular weight is 383 g/mol. The van der Waals surface area contributed by atoms with Crippen molar-refractivity contribution in [3.05, 3.63) is 66.2 Å². The highest BCUT2D eigenvalue weighted by molar-refractivity contribution is 7.90. The molecule has 0 saturated carbocycles. The quantitative estimate of drug-likeness (QED) is 0.727. The van der Waals surface area contributed by atoms with Gasteiger partial charge in [-0.15, -0.1) is 10.2 Å². The van der Waals surface area contributed by atoms with Crippen LogP contribution in [-0.4, -0.2) is 37.9 Å². The molecule has 0 spiro atoms. The fraction of sp³-hybridized carbons (Fsp3) is 0.105. The molecule has 0 radical (unpaired) electrons. The van der Waals surface area contributed by atoms with Crippen molar-refractivity contribution in [3.63, 3.8) is 0 Å². The van der Waals surface area contributed by atoms with Gasteiger partial charge in [-0.25, -0.2) is 8.42 Å². The molecule has 3 aromatic rings. The molecule has 0 bridgehead atoms. The Kier molecular flexibility index (Phi) is 5.18. The SMILES string of the molecule is COc1ccc(C(=O)Nc2cccc(-c3ccc(S(C)(=O)=O)nn3)c2)cc1. The van der Waals surface area contributed by atoms with Crippen molar-refractivity contribution >= 4 is 21.4 Å². The van der Waals surface area contributed by atoms with E-state index >= 15 is 0 Å². The topological polar surface area (TPSA) is 98.2 Å². The van der Waals surface area contributed by atoms with E-state index in [0.29, 0.717) is 28.3 Å². The molecule has 27 heavy (non-hydrogen) atoms. The van der Waals surface area contributed by atoms with Gasteiger partial charge in [0.05, 0.1) is 12.8 Å². The summed E-state index contributed by atoms with van der Waals surface area (Å²) in [5.41, 5.74) is 2.29. The van der Waals surface area contributed by atoms with Crippen LogP contribution in [0.3, 0.4) is 0 Å². The summed E-state index contributed by atoms with van der Waals surface area (Å²) >= 11 is 0. The van der Waals surface area contributed by atoms with E-state index in [2.05, 4.69) is 15.5 Å². The Balaban J connectivity index is 1.79. The van der Waals surface area contributed by atoms with Crippen molar-refractivity contribution in [2.24, 2.45) is 0 Å². The van der Waals surface area contributed by atoms with Crippen molar-refractivity contribution in [3.8, 4) is 17.0 Å². The van der Waals surface area contributed by atoms with Crippen LogP contribution in [0.2, 0.25) is 0 Å². The Morgan fingerprint density at radius 2 is 1.74 bits per heavy atom. The van der Waals surface area contributed by atoms with E-state index < -0.39 is 9.84 Å². The van der Waals surface area contributed by atoms with Crippen LogP contribution in [0.1, 0.15) is 10.4 Å². The zero-order valence-electron chi connectivity index (χ0n) is 14.7. The number of amides is 1. The van der Waals surface area contributed by atoms with Crippen LogP contribution >= 0.6 is 0 Å². The molecule has 8 heteroatoms. The predicted molar refractivity (Wildman–Crippen MR) is 102 cm³/mol. The van der Waals surface area contributed by atoms with E-state index in [-0.39, 0.29) is 10.9 Å². The second-order valence-corrected chi connectivity index (χ2v) is 7.76. The third kappa shape index (κ3) is 4.48. The maximum atomic E-state index is 12.4. The highest BCUT2D eigenvalue weighted by Gasteiger charge is 2.11. The number of methoxy groups -OCH3 is 1. The van der Waals surface area contributed by atoms with Gasteiger partial charge in [-0.05, 0) is 48.5 Å². The van der Waals surface area contributed by atoms with Crippen molar-refractivity contribution < 1.29 is 17.9 Å². The first-order valence-corrected chi connectivity index (χ1v) is 9.85. The molecule has 0 aliphatic carbocycles. The zero-order valence-corrected chi connectivity index (χ0v) is 15.5. The molecule has 0 fully saturated rings. The highest BCUT2D eigenvalue weighted by Crippen LogP contribution is 2.22. The normalized spacial score (nSPS) is 11.0. The smallest absolute Gasteiger partial charge is 0.255 e. The first-order valence-electron chi connectivity index (χ1n) is 7.96. The average Bonchev–Trinajstić information content (AvgIpc) is 2.67. The van der Waals surface area contributed by atoms with E-state index in [1.165, 1.54) is 6.07 Å². The highest BCUT2D eigenvalue weighted by atomic mass is 32.2. The molecule has 138 valence electrons. The third-order valence-electron chi connectivity index (χ3n) is 3.79. The largest absolute Gasteiger partial charge is 0.497 e. The van der Waals surface area contributed by atoms with E-state index in [1.807, 2.05) is 0 Å². The number of hydrogen-bond donors (Lipinski definition) is 1. The van der Waals surface area contributed by atoms with Crippen LogP contribution in [0, 0.1) is 0 Å². The Morgan fingerprint density at radius 3 is 2.33 bits per heavy atom. The second-order valence-electron chi connectivity index (χ2n) is 5.79. The number of aromatic nitrogens is 2.